The van der Waals surface area contributed by atoms with Gasteiger partial charge in [0.2, 0.25) is 0 Å². The fourth-order valence-electron chi connectivity index (χ4n) is 4.95. The van der Waals surface area contributed by atoms with Crippen molar-refractivity contribution in [3.8, 4) is 11.3 Å². The van der Waals surface area contributed by atoms with Crippen molar-refractivity contribution in [3.63, 3.8) is 0 Å². The normalized spacial score (nSPS) is 18.0. The van der Waals surface area contributed by atoms with Crippen molar-refractivity contribution in [3.05, 3.63) is 48.7 Å². The molecule has 4 heterocycles. The zero-order valence-electron chi connectivity index (χ0n) is 18.5. The molecule has 1 aliphatic heterocycles. The number of anilines is 1. The smallest absolute Gasteiger partial charge is 0.141 e. The highest BCUT2D eigenvalue weighted by molar-refractivity contribution is 5.87. The van der Waals surface area contributed by atoms with E-state index in [4.69, 9.17) is 0 Å². The summed E-state index contributed by atoms with van der Waals surface area (Å²) in [6, 6.07) is 6.73. The maximum atomic E-state index is 12.7. The molecular formula is C26H31N5O. The van der Waals surface area contributed by atoms with Crippen molar-refractivity contribution in [2.75, 3.05) is 18.4 Å². The van der Waals surface area contributed by atoms with Gasteiger partial charge in [0.05, 0.1) is 11.4 Å². The minimum Gasteiger partial charge on any atom is -0.381 e. The number of nitrogens with zero attached hydrogens (tertiary/aromatic N) is 3. The number of Topliss-reactive ketones (excluding diaryl/α,β-unsaturated/α-hetero) is 1. The van der Waals surface area contributed by atoms with E-state index in [1.807, 2.05) is 30.9 Å². The van der Waals surface area contributed by atoms with Crippen molar-refractivity contribution in [2.24, 2.45) is 5.92 Å². The predicted molar refractivity (Wildman–Crippen MR) is 128 cm³/mol. The first-order valence-corrected chi connectivity index (χ1v) is 11.9. The number of nitrogens with one attached hydrogen (secondary N) is 2. The molecule has 1 saturated carbocycles. The van der Waals surface area contributed by atoms with E-state index in [0.717, 1.165) is 72.2 Å². The first-order valence-electron chi connectivity index (χ1n) is 11.9. The maximum absolute atomic E-state index is 12.7. The molecule has 166 valence electrons. The van der Waals surface area contributed by atoms with E-state index in [-0.39, 0.29) is 5.92 Å². The van der Waals surface area contributed by atoms with Crippen LogP contribution in [0.5, 0.6) is 0 Å². The molecule has 2 fully saturated rings. The van der Waals surface area contributed by atoms with Gasteiger partial charge < -0.3 is 10.6 Å². The summed E-state index contributed by atoms with van der Waals surface area (Å²) in [5, 5.41) is 9.06. The molecule has 0 aromatic carbocycles. The van der Waals surface area contributed by atoms with Crippen LogP contribution < -0.4 is 10.6 Å². The van der Waals surface area contributed by atoms with Gasteiger partial charge in [-0.1, -0.05) is 19.3 Å². The van der Waals surface area contributed by atoms with Gasteiger partial charge >= 0.3 is 0 Å². The molecule has 6 nitrogen and oxygen atoms in total. The number of piperidine rings is 1. The van der Waals surface area contributed by atoms with E-state index in [1.165, 1.54) is 19.3 Å². The lowest BCUT2D eigenvalue weighted by molar-refractivity contribution is -0.123. The number of ketones is 1. The van der Waals surface area contributed by atoms with Crippen LogP contribution in [-0.2, 0) is 11.2 Å². The molecule has 32 heavy (non-hydrogen) atoms. The van der Waals surface area contributed by atoms with Gasteiger partial charge in [0.1, 0.15) is 5.78 Å². The first kappa shape index (κ1) is 21.0. The summed E-state index contributed by atoms with van der Waals surface area (Å²) in [6.07, 6.45) is 15.8. The Morgan fingerprint density at radius 3 is 2.56 bits per heavy atom. The van der Waals surface area contributed by atoms with Crippen LogP contribution in [0.15, 0.2) is 43.0 Å². The molecular weight excluding hydrogens is 398 g/mol. The molecule has 3 aromatic heterocycles. The number of aromatic nitrogens is 3. The summed E-state index contributed by atoms with van der Waals surface area (Å²) < 4.78 is 0. The third-order valence-electron chi connectivity index (χ3n) is 6.82. The maximum Gasteiger partial charge on any atom is 0.141 e. The van der Waals surface area contributed by atoms with Gasteiger partial charge in [0.15, 0.2) is 0 Å². The highest BCUT2D eigenvalue weighted by Crippen LogP contribution is 2.27. The molecule has 5 rings (SSSR count). The Kier molecular flexibility index (Phi) is 6.39. The highest BCUT2D eigenvalue weighted by Gasteiger charge is 2.21. The Balaban J connectivity index is 1.34. The van der Waals surface area contributed by atoms with Crippen LogP contribution in [0.25, 0.3) is 22.0 Å². The average molecular weight is 430 g/mol. The molecule has 0 atom stereocenters. The summed E-state index contributed by atoms with van der Waals surface area (Å²) in [5.74, 6) is 0.558. The lowest BCUT2D eigenvalue weighted by Crippen LogP contribution is -2.35. The number of hydrogen-bond acceptors (Lipinski definition) is 6. The molecule has 0 radical (unpaired) electrons. The predicted octanol–water partition coefficient (Wildman–Crippen LogP) is 4.55. The van der Waals surface area contributed by atoms with E-state index in [1.54, 1.807) is 0 Å². The van der Waals surface area contributed by atoms with Crippen molar-refractivity contribution in [1.82, 2.24) is 20.3 Å². The van der Waals surface area contributed by atoms with Gasteiger partial charge in [-0.3, -0.25) is 19.7 Å². The minimum atomic E-state index is 0.218. The topological polar surface area (TPSA) is 79.8 Å². The summed E-state index contributed by atoms with van der Waals surface area (Å²) in [7, 11) is 0. The van der Waals surface area contributed by atoms with Crippen LogP contribution in [-0.4, -0.2) is 39.9 Å². The van der Waals surface area contributed by atoms with Crippen molar-refractivity contribution in [1.29, 1.82) is 0 Å². The molecule has 0 bridgehead atoms. The second-order valence-electron chi connectivity index (χ2n) is 9.20. The zero-order valence-corrected chi connectivity index (χ0v) is 18.5. The van der Waals surface area contributed by atoms with E-state index in [0.29, 0.717) is 18.2 Å². The lowest BCUT2D eigenvalue weighted by Gasteiger charge is -2.24. The number of fused-ring (bicyclic) bond motifs is 1. The molecule has 6 heteroatoms. The first-order chi connectivity index (χ1) is 15.7. The van der Waals surface area contributed by atoms with E-state index >= 15 is 0 Å². The summed E-state index contributed by atoms with van der Waals surface area (Å²) in [5.41, 5.74) is 3.76. The minimum absolute atomic E-state index is 0.218. The van der Waals surface area contributed by atoms with Crippen LogP contribution in [0.2, 0.25) is 0 Å². The Morgan fingerprint density at radius 2 is 1.72 bits per heavy atom. The Bertz CT molecular complexity index is 1090. The fraction of sp³-hybridized carbons (Fsp3) is 0.462. The third kappa shape index (κ3) is 4.96. The lowest BCUT2D eigenvalue weighted by atomic mass is 9.85. The monoisotopic (exact) mass is 429 g/mol. The van der Waals surface area contributed by atoms with Gasteiger partial charge in [-0.25, -0.2) is 0 Å². The average Bonchev–Trinajstić information content (AvgIpc) is 2.85. The summed E-state index contributed by atoms with van der Waals surface area (Å²) in [4.78, 5) is 26.3. The van der Waals surface area contributed by atoms with Gasteiger partial charge in [0, 0.05) is 59.8 Å². The number of rotatable bonds is 6. The molecule has 0 unspecified atom stereocenters. The standard InChI is InChI=1S/C26H31N5O/c32-26(18-4-2-1-3-5-18)13-23-10-19-12-25(30-16-21(19)15-29-23)20-11-24(17-28-14-20)31-22-6-8-27-9-7-22/h10-12,14-18,22,27,31H,1-9,13H2. The van der Waals surface area contributed by atoms with E-state index < -0.39 is 0 Å². The SMILES string of the molecule is O=C(Cc1cc2cc(-c3cncc(NC4CCNCC4)c3)ncc2cn1)C1CCCCC1. The molecule has 1 aliphatic carbocycles. The Labute approximate surface area is 189 Å². The molecule has 2 N–H and O–H groups in total. The Morgan fingerprint density at radius 1 is 0.906 bits per heavy atom. The molecule has 2 aliphatic rings. The van der Waals surface area contributed by atoms with Gasteiger partial charge in [-0.15, -0.1) is 0 Å². The van der Waals surface area contributed by atoms with Crippen molar-refractivity contribution >= 4 is 22.2 Å². The Hall–Kier alpha value is -2.86. The van der Waals surface area contributed by atoms with Crippen LogP contribution in [0, 0.1) is 5.92 Å². The summed E-state index contributed by atoms with van der Waals surface area (Å²) >= 11 is 0. The molecule has 3 aromatic rings. The van der Waals surface area contributed by atoms with E-state index in [9.17, 15) is 4.79 Å². The number of pyridine rings is 3. The molecule has 1 saturated heterocycles. The highest BCUT2D eigenvalue weighted by atomic mass is 16.1. The summed E-state index contributed by atoms with van der Waals surface area (Å²) in [6.45, 7) is 2.10. The fourth-order valence-corrected chi connectivity index (χ4v) is 4.95. The van der Waals surface area contributed by atoms with Gasteiger partial charge in [-0.2, -0.15) is 0 Å². The second kappa shape index (κ2) is 9.74. The number of hydrogen-bond donors (Lipinski definition) is 2. The van der Waals surface area contributed by atoms with Crippen molar-refractivity contribution in [2.45, 2.75) is 57.4 Å². The van der Waals surface area contributed by atoms with Crippen LogP contribution in [0.1, 0.15) is 50.6 Å². The molecule has 0 amide bonds. The van der Waals surface area contributed by atoms with Gasteiger partial charge in [0.25, 0.3) is 0 Å². The van der Waals surface area contributed by atoms with Gasteiger partial charge in [-0.05, 0) is 62.4 Å². The van der Waals surface area contributed by atoms with Crippen molar-refractivity contribution < 1.29 is 4.79 Å². The number of carbonyl (C=O) groups excluding carboxylic acids is 1. The van der Waals surface area contributed by atoms with Crippen LogP contribution in [0.4, 0.5) is 5.69 Å². The van der Waals surface area contributed by atoms with E-state index in [2.05, 4.69) is 37.7 Å². The van der Waals surface area contributed by atoms with Crippen LogP contribution in [0.3, 0.4) is 0 Å². The number of carbonyl (C=O) groups is 1. The molecule has 0 spiro atoms. The van der Waals surface area contributed by atoms with Crippen LogP contribution >= 0.6 is 0 Å². The zero-order chi connectivity index (χ0) is 21.8. The second-order valence-corrected chi connectivity index (χ2v) is 9.20. The largest absolute Gasteiger partial charge is 0.381 e. The quantitative estimate of drug-likeness (QED) is 0.599. The third-order valence-corrected chi connectivity index (χ3v) is 6.82.